The number of halogens is 2. The highest BCUT2D eigenvalue weighted by Gasteiger charge is 2.29. The molecule has 3 rings (SSSR count). The van der Waals surface area contributed by atoms with Crippen LogP contribution in [0.1, 0.15) is 10.4 Å². The van der Waals surface area contributed by atoms with Gasteiger partial charge >= 0.3 is 5.97 Å². The average Bonchev–Trinajstić information content (AvgIpc) is 3.21. The van der Waals surface area contributed by atoms with Gasteiger partial charge in [-0.3, -0.25) is 0 Å². The Morgan fingerprint density at radius 2 is 1.64 bits per heavy atom. The molecule has 3 aromatic rings. The first-order valence-corrected chi connectivity index (χ1v) is 10.4. The zero-order chi connectivity index (χ0) is 24.7. The van der Waals surface area contributed by atoms with Crippen LogP contribution in [-0.2, 0) is 0 Å². The first-order chi connectivity index (χ1) is 15.6. The van der Waals surface area contributed by atoms with Crippen LogP contribution in [0.25, 0.3) is 22.6 Å². The van der Waals surface area contributed by atoms with Gasteiger partial charge in [-0.05, 0) is 43.4 Å². The van der Waals surface area contributed by atoms with Crippen LogP contribution in [0.2, 0.25) is 10.0 Å². The highest BCUT2D eigenvalue weighted by molar-refractivity contribution is 6.35. The largest absolute Gasteiger partial charge is 0.478 e. The summed E-state index contributed by atoms with van der Waals surface area (Å²) in [6.07, 6.45) is -5.65. The molecule has 0 aliphatic heterocycles. The lowest BCUT2D eigenvalue weighted by Gasteiger charge is -2.25. The molecule has 0 unspecified atom stereocenters. The van der Waals surface area contributed by atoms with E-state index in [1.807, 2.05) is 0 Å². The smallest absolute Gasteiger partial charge is 0.335 e. The number of rotatable bonds is 8. The van der Waals surface area contributed by atoms with Crippen LogP contribution in [0.5, 0.6) is 0 Å². The number of likely N-dealkylation sites (N-methyl/N-ethyl adjacent to an activating group) is 1. The Balaban J connectivity index is 0.000000260. The van der Waals surface area contributed by atoms with Gasteiger partial charge in [0.1, 0.15) is 23.8 Å². The number of aliphatic hydroxyl groups is 5. The molecule has 10 nitrogen and oxygen atoms in total. The lowest BCUT2D eigenvalue weighted by molar-refractivity contribution is -0.113. The summed E-state index contributed by atoms with van der Waals surface area (Å²) in [5.74, 6) is -0.678. The number of carboxylic acids is 1. The fourth-order valence-corrected chi connectivity index (χ4v) is 3.28. The third-order valence-electron chi connectivity index (χ3n) is 4.48. The van der Waals surface area contributed by atoms with Crippen LogP contribution in [0.3, 0.4) is 0 Å². The zero-order valence-corrected chi connectivity index (χ0v) is 18.9. The molecule has 7 N–H and O–H groups in total. The highest BCUT2D eigenvalue weighted by Crippen LogP contribution is 2.29. The monoisotopic (exact) mass is 502 g/mol. The Labute approximate surface area is 198 Å². The van der Waals surface area contributed by atoms with E-state index >= 15 is 0 Å². The molecule has 0 fully saturated rings. The molecule has 1 aromatic heterocycles. The van der Waals surface area contributed by atoms with Crippen LogP contribution in [0.15, 0.2) is 40.8 Å². The predicted molar refractivity (Wildman–Crippen MR) is 121 cm³/mol. The average molecular weight is 503 g/mol. The first kappa shape index (κ1) is 27.0. The fraction of sp³-hybridized carbons (Fsp3) is 0.333. The van der Waals surface area contributed by atoms with Crippen LogP contribution >= 0.6 is 23.2 Å². The van der Waals surface area contributed by atoms with Crippen molar-refractivity contribution in [3.63, 3.8) is 0 Å². The third kappa shape index (κ3) is 7.36. The minimum absolute atomic E-state index is 0.0936. The van der Waals surface area contributed by atoms with Crippen LogP contribution in [0.4, 0.5) is 0 Å². The molecule has 2 aromatic carbocycles. The van der Waals surface area contributed by atoms with Crippen molar-refractivity contribution in [2.24, 2.45) is 0 Å². The van der Waals surface area contributed by atoms with E-state index in [1.54, 1.807) is 31.3 Å². The van der Waals surface area contributed by atoms with E-state index in [-0.39, 0.29) is 12.1 Å². The number of carbonyl (C=O) groups is 1. The number of aliphatic hydroxyl groups excluding tert-OH is 5. The molecule has 0 spiro atoms. The normalized spacial score (nSPS) is 14.8. The van der Waals surface area contributed by atoms with Crippen molar-refractivity contribution in [3.8, 4) is 11.5 Å². The molecule has 0 saturated heterocycles. The molecule has 1 heterocycles. The van der Waals surface area contributed by atoms with Gasteiger partial charge in [0.05, 0.1) is 18.3 Å². The van der Waals surface area contributed by atoms with Crippen molar-refractivity contribution in [1.82, 2.24) is 10.3 Å². The standard InChI is InChI=1S/C14H7Cl2NO3.C7H17NO5/c15-9-3-8(4-10(16)6-9)13-17-11-2-1-7(14(18)19)5-12(11)20-13;1-8-2-4(10)6(12)7(13)5(11)3-9/h1-6H,(H,18,19);4-13H,2-3H2,1H3/t;4-,5+,6+,7+/m.0/s1. The second kappa shape index (κ2) is 12.3. The molecule has 0 bridgehead atoms. The number of aromatic carboxylic acids is 1. The number of benzene rings is 2. The number of hydrogen-bond donors (Lipinski definition) is 7. The zero-order valence-electron chi connectivity index (χ0n) is 17.4. The van der Waals surface area contributed by atoms with E-state index in [4.69, 9.17) is 53.2 Å². The van der Waals surface area contributed by atoms with E-state index in [0.29, 0.717) is 32.6 Å². The van der Waals surface area contributed by atoms with Crippen LogP contribution in [0, 0.1) is 0 Å². The summed E-state index contributed by atoms with van der Waals surface area (Å²) in [6, 6.07) is 9.46. The van der Waals surface area contributed by atoms with E-state index in [1.165, 1.54) is 12.1 Å². The summed E-state index contributed by atoms with van der Waals surface area (Å²) < 4.78 is 5.56. The van der Waals surface area contributed by atoms with E-state index < -0.39 is 37.0 Å². The topological polar surface area (TPSA) is 177 Å². The van der Waals surface area contributed by atoms with Crippen LogP contribution in [-0.4, -0.2) is 86.2 Å². The number of carboxylic acid groups (broad SMARTS) is 1. The molecule has 0 aliphatic rings. The maximum atomic E-state index is 10.9. The number of nitrogens with one attached hydrogen (secondary N) is 1. The Hall–Kier alpha value is -2.28. The van der Waals surface area contributed by atoms with Gasteiger partial charge in [0.25, 0.3) is 0 Å². The molecule has 0 amide bonds. The van der Waals surface area contributed by atoms with Gasteiger partial charge in [-0.15, -0.1) is 0 Å². The van der Waals surface area contributed by atoms with Crippen molar-refractivity contribution < 1.29 is 39.9 Å². The minimum atomic E-state index is -1.55. The maximum absolute atomic E-state index is 10.9. The van der Waals surface area contributed by atoms with Gasteiger partial charge in [-0.1, -0.05) is 23.2 Å². The Kier molecular flexibility index (Phi) is 10.0. The Bertz CT molecular complexity index is 1060. The highest BCUT2D eigenvalue weighted by atomic mass is 35.5. The number of oxazole rings is 1. The SMILES string of the molecule is CNC[C@H](O)[C@@H](O)[C@H](O)[C@H](O)CO.O=C(O)c1ccc2nc(-c3cc(Cl)cc(Cl)c3)oc2c1. The summed E-state index contributed by atoms with van der Waals surface area (Å²) in [7, 11) is 1.57. The van der Waals surface area contributed by atoms with Crippen molar-refractivity contribution in [2.45, 2.75) is 24.4 Å². The molecular formula is C21H24Cl2N2O8. The van der Waals surface area contributed by atoms with Gasteiger partial charge in [0.15, 0.2) is 5.58 Å². The summed E-state index contributed by atoms with van der Waals surface area (Å²) in [6.45, 7) is -0.569. The Morgan fingerprint density at radius 3 is 2.18 bits per heavy atom. The van der Waals surface area contributed by atoms with Crippen molar-refractivity contribution in [1.29, 1.82) is 0 Å². The lowest BCUT2D eigenvalue weighted by atomic mass is 10.0. The molecule has 12 heteroatoms. The molecule has 4 atom stereocenters. The van der Waals surface area contributed by atoms with Crippen molar-refractivity contribution in [3.05, 3.63) is 52.0 Å². The molecule has 0 saturated carbocycles. The number of hydrogen-bond acceptors (Lipinski definition) is 9. The lowest BCUT2D eigenvalue weighted by Crippen LogP contribution is -2.48. The first-order valence-electron chi connectivity index (χ1n) is 9.65. The number of nitrogens with zero attached hydrogens (tertiary/aromatic N) is 1. The molecule has 180 valence electrons. The van der Waals surface area contributed by atoms with Gasteiger partial charge in [-0.2, -0.15) is 0 Å². The second-order valence-electron chi connectivity index (χ2n) is 7.02. The summed E-state index contributed by atoms with van der Waals surface area (Å²) >= 11 is 11.9. The van der Waals surface area contributed by atoms with Gasteiger partial charge in [0.2, 0.25) is 5.89 Å². The fourth-order valence-electron chi connectivity index (χ4n) is 2.75. The van der Waals surface area contributed by atoms with Crippen molar-refractivity contribution >= 4 is 40.3 Å². The molecule has 0 radical (unpaired) electrons. The molecular weight excluding hydrogens is 479 g/mol. The van der Waals surface area contributed by atoms with E-state index in [0.717, 1.165) is 0 Å². The van der Waals surface area contributed by atoms with Crippen LogP contribution < -0.4 is 5.32 Å². The molecule has 33 heavy (non-hydrogen) atoms. The third-order valence-corrected chi connectivity index (χ3v) is 4.92. The van der Waals surface area contributed by atoms with Gasteiger partial charge in [-0.25, -0.2) is 9.78 Å². The quantitative estimate of drug-likeness (QED) is 0.236. The Morgan fingerprint density at radius 1 is 1.03 bits per heavy atom. The van der Waals surface area contributed by atoms with E-state index in [9.17, 15) is 9.90 Å². The summed E-state index contributed by atoms with van der Waals surface area (Å²) in [4.78, 5) is 15.2. The summed E-state index contributed by atoms with van der Waals surface area (Å²) in [5, 5.41) is 57.4. The maximum Gasteiger partial charge on any atom is 0.335 e. The second-order valence-corrected chi connectivity index (χ2v) is 7.89. The van der Waals surface area contributed by atoms with E-state index in [2.05, 4.69) is 10.3 Å². The summed E-state index contributed by atoms with van der Waals surface area (Å²) in [5.41, 5.74) is 1.75. The molecule has 0 aliphatic carbocycles. The minimum Gasteiger partial charge on any atom is -0.478 e. The van der Waals surface area contributed by atoms with Crippen molar-refractivity contribution in [2.75, 3.05) is 20.2 Å². The predicted octanol–water partition coefficient (Wildman–Crippen LogP) is 1.14. The number of fused-ring (bicyclic) bond motifs is 1. The number of aromatic nitrogens is 1. The van der Waals surface area contributed by atoms with Gasteiger partial charge in [0, 0.05) is 22.2 Å². The van der Waals surface area contributed by atoms with Gasteiger partial charge < -0.3 is 40.4 Å².